The quantitative estimate of drug-likeness (QED) is 0.828. The number of hydrogen-bond donors (Lipinski definition) is 1. The summed E-state index contributed by atoms with van der Waals surface area (Å²) in [4.78, 5) is 14.4. The van der Waals surface area contributed by atoms with Crippen LogP contribution in [0.4, 0.5) is 5.69 Å². The molecule has 0 radical (unpaired) electrons. The van der Waals surface area contributed by atoms with E-state index in [2.05, 4.69) is 34.5 Å². The average molecular weight is 352 g/mol. The van der Waals surface area contributed by atoms with Gasteiger partial charge in [0.05, 0.1) is 0 Å². The van der Waals surface area contributed by atoms with E-state index in [1.54, 1.807) is 6.92 Å². The Balaban J connectivity index is 1.46. The zero-order valence-corrected chi connectivity index (χ0v) is 15.7. The lowest BCUT2D eigenvalue weighted by atomic mass is 9.92. The fraction of sp³-hybridized carbons (Fsp3) is 0.409. The van der Waals surface area contributed by atoms with Gasteiger partial charge in [0.25, 0.3) is 5.91 Å². The maximum Gasteiger partial charge on any atom is 0.260 e. The standard InChI is InChI=1S/C22H28N2O2/c1-17(26-21-13-12-18-8-6-7-9-19(18)16-21)22(25)23-14-15-24(2)20-10-4-3-5-11-20/h3-5,10-13,16-17H,6-9,14-15H2,1-2H3,(H,23,25)/t17-/m0/s1. The largest absolute Gasteiger partial charge is 0.481 e. The van der Waals surface area contributed by atoms with Gasteiger partial charge in [-0.05, 0) is 68.0 Å². The molecule has 1 N–H and O–H groups in total. The SMILES string of the molecule is C[C@H](Oc1ccc2c(c1)CCCC2)C(=O)NCCN(C)c1ccccc1. The van der Waals surface area contributed by atoms with Gasteiger partial charge in [0.1, 0.15) is 5.75 Å². The van der Waals surface area contributed by atoms with Crippen molar-refractivity contribution in [3.05, 3.63) is 59.7 Å². The van der Waals surface area contributed by atoms with Crippen molar-refractivity contribution in [2.24, 2.45) is 0 Å². The Morgan fingerprint density at radius 2 is 1.85 bits per heavy atom. The highest BCUT2D eigenvalue weighted by Crippen LogP contribution is 2.25. The molecule has 0 bridgehead atoms. The molecule has 1 aliphatic rings. The van der Waals surface area contributed by atoms with Gasteiger partial charge in [-0.2, -0.15) is 0 Å². The number of benzene rings is 2. The van der Waals surface area contributed by atoms with E-state index in [1.165, 1.54) is 24.0 Å². The molecular formula is C22H28N2O2. The molecule has 0 aromatic heterocycles. The zero-order valence-electron chi connectivity index (χ0n) is 15.7. The topological polar surface area (TPSA) is 41.6 Å². The second kappa shape index (κ2) is 8.75. The molecule has 3 rings (SSSR count). The van der Waals surface area contributed by atoms with E-state index >= 15 is 0 Å². The third-order valence-electron chi connectivity index (χ3n) is 4.95. The minimum absolute atomic E-state index is 0.0795. The summed E-state index contributed by atoms with van der Waals surface area (Å²) in [6.45, 7) is 3.14. The maximum atomic E-state index is 12.3. The van der Waals surface area contributed by atoms with Crippen LogP contribution in [0, 0.1) is 0 Å². The predicted octanol–water partition coefficient (Wildman–Crippen LogP) is 3.59. The van der Waals surface area contributed by atoms with E-state index in [0.717, 1.165) is 30.8 Å². The number of fused-ring (bicyclic) bond motifs is 1. The molecular weight excluding hydrogens is 324 g/mol. The Bertz CT molecular complexity index is 730. The molecule has 138 valence electrons. The van der Waals surface area contributed by atoms with Crippen molar-refractivity contribution in [2.75, 3.05) is 25.0 Å². The fourth-order valence-electron chi connectivity index (χ4n) is 3.34. The summed E-state index contributed by atoms with van der Waals surface area (Å²) in [7, 11) is 2.02. The predicted molar refractivity (Wildman–Crippen MR) is 106 cm³/mol. The van der Waals surface area contributed by atoms with Gasteiger partial charge < -0.3 is 15.0 Å². The van der Waals surface area contributed by atoms with Crippen LogP contribution in [0.1, 0.15) is 30.9 Å². The van der Waals surface area contributed by atoms with Crippen LogP contribution in [0.3, 0.4) is 0 Å². The molecule has 0 saturated heterocycles. The first-order chi connectivity index (χ1) is 12.6. The lowest BCUT2D eigenvalue weighted by Gasteiger charge is -2.21. The van der Waals surface area contributed by atoms with E-state index in [1.807, 2.05) is 31.3 Å². The number of anilines is 1. The number of carbonyl (C=O) groups excluding carboxylic acids is 1. The Morgan fingerprint density at radius 3 is 2.62 bits per heavy atom. The minimum atomic E-state index is -0.501. The fourth-order valence-corrected chi connectivity index (χ4v) is 3.34. The Kier molecular flexibility index (Phi) is 6.16. The summed E-state index contributed by atoms with van der Waals surface area (Å²) >= 11 is 0. The minimum Gasteiger partial charge on any atom is -0.481 e. The third kappa shape index (κ3) is 4.78. The van der Waals surface area contributed by atoms with Crippen LogP contribution in [0.15, 0.2) is 48.5 Å². The van der Waals surface area contributed by atoms with Gasteiger partial charge in [0.2, 0.25) is 0 Å². The van der Waals surface area contributed by atoms with Crippen molar-refractivity contribution in [3.63, 3.8) is 0 Å². The average Bonchev–Trinajstić information content (AvgIpc) is 2.68. The number of para-hydroxylation sites is 1. The molecule has 1 atom stereocenters. The van der Waals surface area contributed by atoms with E-state index < -0.39 is 6.10 Å². The second-order valence-electron chi connectivity index (χ2n) is 6.95. The second-order valence-corrected chi connectivity index (χ2v) is 6.95. The van der Waals surface area contributed by atoms with Crippen molar-refractivity contribution < 1.29 is 9.53 Å². The number of nitrogens with one attached hydrogen (secondary N) is 1. The molecule has 0 fully saturated rings. The van der Waals surface area contributed by atoms with Crippen LogP contribution in [0.25, 0.3) is 0 Å². The van der Waals surface area contributed by atoms with Crippen LogP contribution >= 0.6 is 0 Å². The summed E-state index contributed by atoms with van der Waals surface area (Å²) in [5.41, 5.74) is 3.93. The van der Waals surface area contributed by atoms with Crippen molar-refractivity contribution in [1.29, 1.82) is 0 Å². The van der Waals surface area contributed by atoms with Gasteiger partial charge in [-0.3, -0.25) is 4.79 Å². The van der Waals surface area contributed by atoms with Crippen LogP contribution < -0.4 is 15.0 Å². The molecule has 0 spiro atoms. The normalized spacial score (nSPS) is 14.2. The van der Waals surface area contributed by atoms with Crippen LogP contribution in [-0.2, 0) is 17.6 Å². The van der Waals surface area contributed by atoms with Gasteiger partial charge in [0, 0.05) is 25.8 Å². The van der Waals surface area contributed by atoms with E-state index in [9.17, 15) is 4.79 Å². The first-order valence-electron chi connectivity index (χ1n) is 9.46. The number of rotatable bonds is 7. The first kappa shape index (κ1) is 18.3. The van der Waals surface area contributed by atoms with Gasteiger partial charge in [-0.15, -0.1) is 0 Å². The van der Waals surface area contributed by atoms with E-state index in [-0.39, 0.29) is 5.91 Å². The molecule has 2 aromatic rings. The number of ether oxygens (including phenoxy) is 1. The lowest BCUT2D eigenvalue weighted by molar-refractivity contribution is -0.127. The van der Waals surface area contributed by atoms with Gasteiger partial charge in [0.15, 0.2) is 6.10 Å². The molecule has 0 saturated carbocycles. The Morgan fingerprint density at radius 1 is 1.12 bits per heavy atom. The molecule has 2 aromatic carbocycles. The number of hydrogen-bond acceptors (Lipinski definition) is 3. The number of likely N-dealkylation sites (N-methyl/N-ethyl adjacent to an activating group) is 1. The zero-order chi connectivity index (χ0) is 18.4. The summed E-state index contributed by atoms with van der Waals surface area (Å²) in [6, 6.07) is 16.4. The van der Waals surface area contributed by atoms with Crippen molar-refractivity contribution in [3.8, 4) is 5.75 Å². The Labute approximate surface area is 156 Å². The monoisotopic (exact) mass is 352 g/mol. The molecule has 0 unspecified atom stereocenters. The highest BCUT2D eigenvalue weighted by molar-refractivity contribution is 5.80. The summed E-state index contributed by atoms with van der Waals surface area (Å²) in [5, 5.41) is 2.96. The lowest BCUT2D eigenvalue weighted by Crippen LogP contribution is -2.40. The third-order valence-corrected chi connectivity index (χ3v) is 4.95. The molecule has 0 heterocycles. The summed E-state index contributed by atoms with van der Waals surface area (Å²) in [6.07, 6.45) is 4.27. The molecule has 4 heteroatoms. The van der Waals surface area contributed by atoms with Gasteiger partial charge in [-0.1, -0.05) is 24.3 Å². The number of carbonyl (C=O) groups is 1. The first-order valence-corrected chi connectivity index (χ1v) is 9.46. The van der Waals surface area contributed by atoms with Crippen molar-refractivity contribution in [2.45, 2.75) is 38.7 Å². The van der Waals surface area contributed by atoms with Crippen molar-refractivity contribution in [1.82, 2.24) is 5.32 Å². The molecule has 1 amide bonds. The van der Waals surface area contributed by atoms with Gasteiger partial charge in [-0.25, -0.2) is 0 Å². The number of amides is 1. The Hall–Kier alpha value is -2.49. The highest BCUT2D eigenvalue weighted by Gasteiger charge is 2.16. The summed E-state index contributed by atoms with van der Waals surface area (Å²) in [5.74, 6) is 0.707. The molecule has 1 aliphatic carbocycles. The number of nitrogens with zero attached hydrogens (tertiary/aromatic N) is 1. The van der Waals surface area contributed by atoms with E-state index in [4.69, 9.17) is 4.74 Å². The van der Waals surface area contributed by atoms with Crippen LogP contribution in [-0.4, -0.2) is 32.1 Å². The maximum absolute atomic E-state index is 12.3. The molecule has 0 aliphatic heterocycles. The molecule has 26 heavy (non-hydrogen) atoms. The smallest absolute Gasteiger partial charge is 0.260 e. The molecule has 4 nitrogen and oxygen atoms in total. The van der Waals surface area contributed by atoms with Gasteiger partial charge >= 0.3 is 0 Å². The van der Waals surface area contributed by atoms with Crippen LogP contribution in [0.5, 0.6) is 5.75 Å². The van der Waals surface area contributed by atoms with Crippen LogP contribution in [0.2, 0.25) is 0 Å². The van der Waals surface area contributed by atoms with Crippen molar-refractivity contribution >= 4 is 11.6 Å². The van der Waals surface area contributed by atoms with E-state index in [0.29, 0.717) is 6.54 Å². The number of aryl methyl sites for hydroxylation is 2. The summed E-state index contributed by atoms with van der Waals surface area (Å²) < 4.78 is 5.86. The highest BCUT2D eigenvalue weighted by atomic mass is 16.5.